The fourth-order valence-electron chi connectivity index (χ4n) is 1.84. The molecule has 0 saturated carbocycles. The minimum Gasteiger partial charge on any atom is -0.380 e. The van der Waals surface area contributed by atoms with Gasteiger partial charge in [-0.25, -0.2) is 13.6 Å². The molecule has 0 aliphatic carbocycles. The molecule has 0 amide bonds. The Morgan fingerprint density at radius 3 is 2.27 bits per heavy atom. The first-order valence-corrected chi connectivity index (χ1v) is 7.78. The lowest BCUT2D eigenvalue weighted by Crippen LogP contribution is -2.12. The predicted molar refractivity (Wildman–Crippen MR) is 81.0 cm³/mol. The number of nitrogens with zero attached hydrogens (tertiary/aromatic N) is 2. The van der Waals surface area contributed by atoms with Gasteiger partial charge in [-0.1, -0.05) is 12.1 Å². The van der Waals surface area contributed by atoms with Gasteiger partial charge in [-0.2, -0.15) is 10.5 Å². The van der Waals surface area contributed by atoms with Gasteiger partial charge in [-0.3, -0.25) is 0 Å². The lowest BCUT2D eigenvalue weighted by molar-refractivity contribution is 0.598. The Labute approximate surface area is 128 Å². The van der Waals surface area contributed by atoms with Crippen LogP contribution < -0.4 is 10.5 Å². The number of nitrogens with two attached hydrogens (primary N) is 1. The van der Waals surface area contributed by atoms with Gasteiger partial charge in [-0.15, -0.1) is 0 Å². The van der Waals surface area contributed by atoms with E-state index in [9.17, 15) is 8.42 Å². The smallest absolute Gasteiger partial charge is 0.238 e. The van der Waals surface area contributed by atoms with Crippen molar-refractivity contribution in [2.75, 3.05) is 5.32 Å². The van der Waals surface area contributed by atoms with Gasteiger partial charge in [0.25, 0.3) is 0 Å². The monoisotopic (exact) mass is 312 g/mol. The molecule has 0 spiro atoms. The molecule has 110 valence electrons. The zero-order valence-electron chi connectivity index (χ0n) is 11.4. The summed E-state index contributed by atoms with van der Waals surface area (Å²) in [5.74, 6) is 0. The van der Waals surface area contributed by atoms with Crippen molar-refractivity contribution in [1.82, 2.24) is 0 Å². The standard InChI is InChI=1S/C15H12N4O2S/c16-8-11-1-3-12(4-2-11)10-19-15-6-5-14(22(18,20)21)7-13(15)9-17/h1-7,19H,10H2,(H2,18,20,21). The van der Waals surface area contributed by atoms with Crippen LogP contribution in [0.5, 0.6) is 0 Å². The van der Waals surface area contributed by atoms with Crippen LogP contribution >= 0.6 is 0 Å². The second-order valence-corrected chi connectivity index (χ2v) is 6.09. The summed E-state index contributed by atoms with van der Waals surface area (Å²) in [5, 5.41) is 25.9. The molecular formula is C15H12N4O2S. The van der Waals surface area contributed by atoms with Crippen LogP contribution in [0.3, 0.4) is 0 Å². The minimum atomic E-state index is -3.84. The number of anilines is 1. The Morgan fingerprint density at radius 1 is 1.05 bits per heavy atom. The first kappa shape index (κ1) is 15.5. The zero-order chi connectivity index (χ0) is 16.2. The molecule has 0 atom stereocenters. The third-order valence-corrected chi connectivity index (χ3v) is 3.92. The number of hydrogen-bond donors (Lipinski definition) is 2. The summed E-state index contributed by atoms with van der Waals surface area (Å²) in [6, 6.07) is 15.1. The number of rotatable bonds is 4. The molecule has 0 bridgehead atoms. The maximum atomic E-state index is 11.3. The summed E-state index contributed by atoms with van der Waals surface area (Å²) >= 11 is 0. The molecule has 7 heteroatoms. The van der Waals surface area contributed by atoms with Gasteiger partial charge in [0, 0.05) is 6.54 Å². The molecule has 0 fully saturated rings. The van der Waals surface area contributed by atoms with Crippen LogP contribution in [0.15, 0.2) is 47.4 Å². The fraction of sp³-hybridized carbons (Fsp3) is 0.0667. The number of primary sulfonamides is 1. The van der Waals surface area contributed by atoms with Crippen molar-refractivity contribution in [2.24, 2.45) is 5.14 Å². The van der Waals surface area contributed by atoms with Gasteiger partial charge in [0.05, 0.1) is 27.8 Å². The second-order valence-electron chi connectivity index (χ2n) is 4.53. The molecule has 2 rings (SSSR count). The third-order valence-electron chi connectivity index (χ3n) is 3.01. The Morgan fingerprint density at radius 2 is 1.73 bits per heavy atom. The largest absolute Gasteiger partial charge is 0.380 e. The van der Waals surface area contributed by atoms with Crippen LogP contribution in [-0.4, -0.2) is 8.42 Å². The predicted octanol–water partition coefficient (Wildman–Crippen LogP) is 1.69. The molecule has 0 heterocycles. The molecule has 2 aromatic rings. The van der Waals surface area contributed by atoms with E-state index in [2.05, 4.69) is 5.32 Å². The highest BCUT2D eigenvalue weighted by Gasteiger charge is 2.11. The molecule has 22 heavy (non-hydrogen) atoms. The highest BCUT2D eigenvalue weighted by atomic mass is 32.2. The van der Waals surface area contributed by atoms with E-state index in [4.69, 9.17) is 15.7 Å². The van der Waals surface area contributed by atoms with E-state index in [1.807, 2.05) is 12.1 Å². The molecule has 6 nitrogen and oxygen atoms in total. The van der Waals surface area contributed by atoms with Crippen molar-refractivity contribution < 1.29 is 8.42 Å². The molecular weight excluding hydrogens is 300 g/mol. The average molecular weight is 312 g/mol. The Bertz CT molecular complexity index is 875. The SMILES string of the molecule is N#Cc1ccc(CNc2ccc(S(N)(=O)=O)cc2C#N)cc1. The number of benzene rings is 2. The van der Waals surface area contributed by atoms with Crippen LogP contribution in [0.4, 0.5) is 5.69 Å². The summed E-state index contributed by atoms with van der Waals surface area (Å²) < 4.78 is 22.5. The minimum absolute atomic E-state index is 0.104. The van der Waals surface area contributed by atoms with Crippen molar-refractivity contribution in [3.05, 3.63) is 59.2 Å². The topological polar surface area (TPSA) is 120 Å². The average Bonchev–Trinajstić information content (AvgIpc) is 2.52. The summed E-state index contributed by atoms with van der Waals surface area (Å²) in [5.41, 5.74) is 2.21. The van der Waals surface area contributed by atoms with Gasteiger partial charge in [0.2, 0.25) is 10.0 Å². The van der Waals surface area contributed by atoms with E-state index in [-0.39, 0.29) is 10.5 Å². The molecule has 3 N–H and O–H groups in total. The first-order chi connectivity index (χ1) is 10.4. The molecule has 0 saturated heterocycles. The molecule has 0 radical (unpaired) electrons. The summed E-state index contributed by atoms with van der Waals surface area (Å²) in [4.78, 5) is -0.104. The van der Waals surface area contributed by atoms with Crippen LogP contribution in [0, 0.1) is 22.7 Å². The third kappa shape index (κ3) is 3.61. The number of hydrogen-bond acceptors (Lipinski definition) is 5. The summed E-state index contributed by atoms with van der Waals surface area (Å²) in [6.45, 7) is 0.440. The van der Waals surface area contributed by atoms with E-state index in [1.165, 1.54) is 18.2 Å². The van der Waals surface area contributed by atoms with E-state index < -0.39 is 10.0 Å². The number of nitriles is 2. The van der Waals surface area contributed by atoms with Crippen molar-refractivity contribution in [1.29, 1.82) is 10.5 Å². The van der Waals surface area contributed by atoms with Gasteiger partial charge >= 0.3 is 0 Å². The summed E-state index contributed by atoms with van der Waals surface area (Å²) in [7, 11) is -3.84. The van der Waals surface area contributed by atoms with Crippen LogP contribution in [-0.2, 0) is 16.6 Å². The number of nitrogens with one attached hydrogen (secondary N) is 1. The summed E-state index contributed by atoms with van der Waals surface area (Å²) in [6.07, 6.45) is 0. The quantitative estimate of drug-likeness (QED) is 0.890. The number of sulfonamides is 1. The van der Waals surface area contributed by atoms with Gasteiger partial charge in [0.15, 0.2) is 0 Å². The van der Waals surface area contributed by atoms with Crippen molar-refractivity contribution >= 4 is 15.7 Å². The molecule has 2 aromatic carbocycles. The lowest BCUT2D eigenvalue weighted by atomic mass is 10.1. The van der Waals surface area contributed by atoms with Crippen molar-refractivity contribution in [2.45, 2.75) is 11.4 Å². The second kappa shape index (κ2) is 6.27. The highest BCUT2D eigenvalue weighted by molar-refractivity contribution is 7.89. The molecule has 0 aliphatic heterocycles. The van der Waals surface area contributed by atoms with Gasteiger partial charge < -0.3 is 5.32 Å². The first-order valence-electron chi connectivity index (χ1n) is 6.24. The van der Waals surface area contributed by atoms with E-state index >= 15 is 0 Å². The Kier molecular flexibility index (Phi) is 4.42. The van der Waals surface area contributed by atoms with Crippen LogP contribution in [0.1, 0.15) is 16.7 Å². The zero-order valence-corrected chi connectivity index (χ0v) is 12.3. The molecule has 0 aliphatic rings. The van der Waals surface area contributed by atoms with Crippen molar-refractivity contribution in [3.63, 3.8) is 0 Å². The van der Waals surface area contributed by atoms with Gasteiger partial charge in [-0.05, 0) is 35.9 Å². The Hall–Kier alpha value is -2.87. The Balaban J connectivity index is 2.19. The maximum Gasteiger partial charge on any atom is 0.238 e. The fourth-order valence-corrected chi connectivity index (χ4v) is 2.38. The lowest BCUT2D eigenvalue weighted by Gasteiger charge is -2.09. The van der Waals surface area contributed by atoms with E-state index in [1.54, 1.807) is 24.3 Å². The maximum absolute atomic E-state index is 11.3. The normalized spacial score (nSPS) is 10.5. The molecule has 0 unspecified atom stereocenters. The van der Waals surface area contributed by atoms with Gasteiger partial charge in [0.1, 0.15) is 6.07 Å². The van der Waals surface area contributed by atoms with E-state index in [0.29, 0.717) is 17.8 Å². The van der Waals surface area contributed by atoms with E-state index in [0.717, 1.165) is 5.56 Å². The van der Waals surface area contributed by atoms with Crippen LogP contribution in [0.25, 0.3) is 0 Å². The highest BCUT2D eigenvalue weighted by Crippen LogP contribution is 2.20. The van der Waals surface area contributed by atoms with Crippen LogP contribution in [0.2, 0.25) is 0 Å². The molecule has 0 aromatic heterocycles. The van der Waals surface area contributed by atoms with Crippen molar-refractivity contribution in [3.8, 4) is 12.1 Å².